The summed E-state index contributed by atoms with van der Waals surface area (Å²) < 4.78 is 5.13. The first-order valence-corrected chi connectivity index (χ1v) is 5.46. The molecule has 0 bridgehead atoms. The van der Waals surface area contributed by atoms with Crippen LogP contribution in [-0.4, -0.2) is 11.1 Å². The molecule has 2 aromatic rings. The molecule has 0 amide bonds. The Morgan fingerprint density at radius 1 is 1.31 bits per heavy atom. The molecular weight excluding hydrogens is 204 g/mol. The van der Waals surface area contributed by atoms with Gasteiger partial charge in [-0.25, -0.2) is 4.79 Å². The van der Waals surface area contributed by atoms with Gasteiger partial charge >= 0.3 is 5.97 Å². The van der Waals surface area contributed by atoms with Crippen LogP contribution in [0.1, 0.15) is 36.9 Å². The summed E-state index contributed by atoms with van der Waals surface area (Å²) in [5.41, 5.74) is 1.80. The lowest BCUT2D eigenvalue weighted by atomic mass is 10.1. The topological polar surface area (TPSA) is 50.4 Å². The second kappa shape index (κ2) is 5.35. The molecule has 0 saturated heterocycles. The minimum absolute atomic E-state index is 0.00625. The Kier molecular flexibility index (Phi) is 4.11. The molecule has 16 heavy (non-hydrogen) atoms. The summed E-state index contributed by atoms with van der Waals surface area (Å²) in [4.78, 5) is 10.6. The number of aromatic carboxylic acids is 1. The molecule has 0 unspecified atom stereocenters. The molecule has 1 aromatic carbocycles. The monoisotopic (exact) mass is 220 g/mol. The number of hydrogen-bond acceptors (Lipinski definition) is 2. The summed E-state index contributed by atoms with van der Waals surface area (Å²) in [6, 6.07) is 7.25. The van der Waals surface area contributed by atoms with Crippen molar-refractivity contribution >= 4 is 16.9 Å². The van der Waals surface area contributed by atoms with Crippen LogP contribution >= 0.6 is 0 Å². The molecule has 2 rings (SSSR count). The lowest BCUT2D eigenvalue weighted by Crippen LogP contribution is -1.91. The van der Waals surface area contributed by atoms with Crippen molar-refractivity contribution in [3.63, 3.8) is 0 Å². The van der Waals surface area contributed by atoms with Crippen LogP contribution in [0.25, 0.3) is 11.0 Å². The Balaban J connectivity index is 0.000000606. The van der Waals surface area contributed by atoms with Crippen molar-refractivity contribution in [1.82, 2.24) is 0 Å². The van der Waals surface area contributed by atoms with Gasteiger partial charge in [0.25, 0.3) is 0 Å². The van der Waals surface area contributed by atoms with Gasteiger partial charge in [-0.15, -0.1) is 0 Å². The normalized spacial score (nSPS) is 9.69. The van der Waals surface area contributed by atoms with E-state index in [1.165, 1.54) is 5.56 Å². The van der Waals surface area contributed by atoms with E-state index in [0.717, 1.165) is 11.8 Å². The maximum absolute atomic E-state index is 10.6. The first-order chi connectivity index (χ1) is 7.70. The molecule has 86 valence electrons. The molecule has 1 heterocycles. The lowest BCUT2D eigenvalue weighted by molar-refractivity contribution is 0.0665. The van der Waals surface area contributed by atoms with E-state index < -0.39 is 5.97 Å². The third-order valence-electron chi connectivity index (χ3n) is 2.20. The molecule has 0 spiro atoms. The number of aryl methyl sites for hydroxylation is 1. The Hall–Kier alpha value is -1.77. The number of hydrogen-bond donors (Lipinski definition) is 1. The van der Waals surface area contributed by atoms with Crippen LogP contribution in [-0.2, 0) is 6.42 Å². The fourth-order valence-electron chi connectivity index (χ4n) is 1.42. The largest absolute Gasteiger partial charge is 0.475 e. The van der Waals surface area contributed by atoms with Gasteiger partial charge in [0.15, 0.2) is 0 Å². The number of carboxylic acids is 1. The standard InChI is InChI=1S/C11H10O3.C2H6/c1-2-7-3-4-9-8(5-7)6-10(14-9)11(12)13;1-2/h3-6H,2H2,1H3,(H,12,13);1-2H3. The molecule has 3 heteroatoms. The number of carbonyl (C=O) groups is 1. The van der Waals surface area contributed by atoms with Gasteiger partial charge in [0.1, 0.15) is 5.58 Å². The van der Waals surface area contributed by atoms with Crippen molar-refractivity contribution in [2.75, 3.05) is 0 Å². The Morgan fingerprint density at radius 3 is 2.56 bits per heavy atom. The van der Waals surface area contributed by atoms with Crippen molar-refractivity contribution in [3.8, 4) is 0 Å². The van der Waals surface area contributed by atoms with Gasteiger partial charge in [0.05, 0.1) is 0 Å². The quantitative estimate of drug-likeness (QED) is 0.839. The summed E-state index contributed by atoms with van der Waals surface area (Å²) in [6.45, 7) is 6.05. The van der Waals surface area contributed by atoms with Gasteiger partial charge in [0.2, 0.25) is 5.76 Å². The van der Waals surface area contributed by atoms with Gasteiger partial charge in [-0.2, -0.15) is 0 Å². The highest BCUT2D eigenvalue weighted by Crippen LogP contribution is 2.20. The zero-order chi connectivity index (χ0) is 12.1. The summed E-state index contributed by atoms with van der Waals surface area (Å²) in [6.07, 6.45) is 0.934. The van der Waals surface area contributed by atoms with Crippen molar-refractivity contribution in [2.24, 2.45) is 0 Å². The first kappa shape index (κ1) is 12.3. The van der Waals surface area contributed by atoms with Gasteiger partial charge in [0, 0.05) is 5.39 Å². The van der Waals surface area contributed by atoms with Crippen molar-refractivity contribution < 1.29 is 14.3 Å². The number of carboxylic acid groups (broad SMARTS) is 1. The molecule has 0 saturated carbocycles. The summed E-state index contributed by atoms with van der Waals surface area (Å²) in [5.74, 6) is -1.03. The number of rotatable bonds is 2. The molecule has 0 aliphatic rings. The molecule has 0 aliphatic heterocycles. The average Bonchev–Trinajstić information content (AvgIpc) is 2.74. The highest BCUT2D eigenvalue weighted by molar-refractivity contribution is 5.91. The number of furan rings is 1. The van der Waals surface area contributed by atoms with E-state index in [1.54, 1.807) is 12.1 Å². The minimum atomic E-state index is -1.03. The summed E-state index contributed by atoms with van der Waals surface area (Å²) in [5, 5.41) is 9.57. The van der Waals surface area contributed by atoms with Crippen molar-refractivity contribution in [3.05, 3.63) is 35.6 Å². The number of fused-ring (bicyclic) bond motifs is 1. The zero-order valence-electron chi connectivity index (χ0n) is 9.78. The van der Waals surface area contributed by atoms with E-state index in [-0.39, 0.29) is 5.76 Å². The Morgan fingerprint density at radius 2 is 2.00 bits per heavy atom. The van der Waals surface area contributed by atoms with Crippen molar-refractivity contribution in [1.29, 1.82) is 0 Å². The molecule has 1 N–H and O–H groups in total. The highest BCUT2D eigenvalue weighted by atomic mass is 16.4. The van der Waals surface area contributed by atoms with Crippen LogP contribution in [0.4, 0.5) is 0 Å². The van der Waals surface area contributed by atoms with E-state index in [2.05, 4.69) is 6.92 Å². The predicted molar refractivity (Wildman–Crippen MR) is 63.9 cm³/mol. The molecule has 0 fully saturated rings. The molecule has 0 atom stereocenters. The fourth-order valence-corrected chi connectivity index (χ4v) is 1.42. The van der Waals surface area contributed by atoms with Gasteiger partial charge in [-0.05, 0) is 30.2 Å². The van der Waals surface area contributed by atoms with Crippen molar-refractivity contribution in [2.45, 2.75) is 27.2 Å². The third kappa shape index (κ3) is 2.42. The average molecular weight is 220 g/mol. The summed E-state index contributed by atoms with van der Waals surface area (Å²) >= 11 is 0. The predicted octanol–water partition coefficient (Wildman–Crippen LogP) is 3.72. The highest BCUT2D eigenvalue weighted by Gasteiger charge is 2.09. The minimum Gasteiger partial charge on any atom is -0.475 e. The molecule has 3 nitrogen and oxygen atoms in total. The molecular formula is C13H16O3. The molecule has 0 aliphatic carbocycles. The Labute approximate surface area is 94.7 Å². The van der Waals surface area contributed by atoms with Crippen LogP contribution in [0, 0.1) is 0 Å². The van der Waals surface area contributed by atoms with Gasteiger partial charge < -0.3 is 9.52 Å². The molecule has 1 aromatic heterocycles. The number of benzene rings is 1. The van der Waals surface area contributed by atoms with Crippen LogP contribution in [0.3, 0.4) is 0 Å². The second-order valence-electron chi connectivity index (χ2n) is 3.14. The van der Waals surface area contributed by atoms with Gasteiger partial charge in [-0.3, -0.25) is 0 Å². The second-order valence-corrected chi connectivity index (χ2v) is 3.14. The van der Waals surface area contributed by atoms with E-state index in [4.69, 9.17) is 9.52 Å². The molecule has 0 radical (unpaired) electrons. The zero-order valence-corrected chi connectivity index (χ0v) is 9.78. The van der Waals surface area contributed by atoms with Crippen LogP contribution in [0.5, 0.6) is 0 Å². The van der Waals surface area contributed by atoms with Crippen LogP contribution in [0.15, 0.2) is 28.7 Å². The van der Waals surface area contributed by atoms with E-state index in [1.807, 2.05) is 26.0 Å². The van der Waals surface area contributed by atoms with E-state index in [9.17, 15) is 4.79 Å². The third-order valence-corrected chi connectivity index (χ3v) is 2.20. The summed E-state index contributed by atoms with van der Waals surface area (Å²) in [7, 11) is 0. The van der Waals surface area contributed by atoms with Crippen LogP contribution in [0.2, 0.25) is 0 Å². The maximum Gasteiger partial charge on any atom is 0.371 e. The Bertz CT molecular complexity index is 483. The van der Waals surface area contributed by atoms with E-state index in [0.29, 0.717) is 5.58 Å². The lowest BCUT2D eigenvalue weighted by Gasteiger charge is -1.93. The maximum atomic E-state index is 10.6. The smallest absolute Gasteiger partial charge is 0.371 e. The van der Waals surface area contributed by atoms with E-state index >= 15 is 0 Å². The fraction of sp³-hybridized carbons (Fsp3) is 0.308. The SMILES string of the molecule is CC.CCc1ccc2oc(C(=O)O)cc2c1. The first-order valence-electron chi connectivity index (χ1n) is 5.46. The van der Waals surface area contributed by atoms with Crippen LogP contribution < -0.4 is 0 Å². The van der Waals surface area contributed by atoms with Gasteiger partial charge in [-0.1, -0.05) is 26.8 Å².